The third-order valence-electron chi connectivity index (χ3n) is 2.91. The minimum atomic E-state index is -3.73. The maximum atomic E-state index is 12.3. The van der Waals surface area contributed by atoms with Gasteiger partial charge in [0.05, 0.1) is 20.6 Å². The molecule has 0 fully saturated rings. The lowest BCUT2D eigenvalue weighted by Gasteiger charge is -2.11. The first-order valence-corrected chi connectivity index (χ1v) is 8.37. The van der Waals surface area contributed by atoms with Crippen LogP contribution in [0.25, 0.3) is 0 Å². The van der Waals surface area contributed by atoms with Crippen LogP contribution in [0.1, 0.15) is 18.5 Å². The van der Waals surface area contributed by atoms with Crippen LogP contribution in [0, 0.1) is 0 Å². The van der Waals surface area contributed by atoms with Crippen LogP contribution in [0.4, 0.5) is 5.69 Å². The molecule has 0 amide bonds. The third kappa shape index (κ3) is 3.68. The predicted octanol–water partition coefficient (Wildman–Crippen LogP) is 3.81. The van der Waals surface area contributed by atoms with Crippen LogP contribution >= 0.6 is 23.2 Å². The van der Waals surface area contributed by atoms with Crippen LogP contribution in [-0.2, 0) is 10.0 Å². The summed E-state index contributed by atoms with van der Waals surface area (Å²) in [5, 5.41) is 0.444. The van der Waals surface area contributed by atoms with Gasteiger partial charge in [0.15, 0.2) is 0 Å². The Morgan fingerprint density at radius 3 is 2.29 bits per heavy atom. The molecule has 0 saturated carbocycles. The van der Waals surface area contributed by atoms with E-state index in [2.05, 4.69) is 4.72 Å². The second-order valence-corrected chi connectivity index (χ2v) is 7.03. The zero-order chi connectivity index (χ0) is 15.6. The molecule has 0 aliphatic heterocycles. The zero-order valence-corrected chi connectivity index (χ0v) is 13.5. The normalized spacial score (nSPS) is 13.0. The maximum Gasteiger partial charge on any atom is 0.261 e. The first kappa shape index (κ1) is 16.1. The molecule has 2 aromatic carbocycles. The minimum Gasteiger partial charge on any atom is -0.324 e. The minimum absolute atomic E-state index is 0.128. The number of halogens is 2. The molecule has 0 radical (unpaired) electrons. The molecule has 0 aliphatic carbocycles. The maximum absolute atomic E-state index is 12.3. The number of benzene rings is 2. The van der Waals surface area contributed by atoms with Crippen LogP contribution < -0.4 is 10.5 Å². The smallest absolute Gasteiger partial charge is 0.261 e. The van der Waals surface area contributed by atoms with Gasteiger partial charge < -0.3 is 5.73 Å². The molecule has 3 N–H and O–H groups in total. The van der Waals surface area contributed by atoms with Crippen LogP contribution in [0.5, 0.6) is 0 Å². The molecule has 2 rings (SSSR count). The average molecular weight is 345 g/mol. The molecule has 0 bridgehead atoms. The van der Waals surface area contributed by atoms with Crippen LogP contribution in [0.3, 0.4) is 0 Å². The van der Waals surface area contributed by atoms with E-state index in [1.54, 1.807) is 30.3 Å². The monoisotopic (exact) mass is 344 g/mol. The Labute approximate surface area is 133 Å². The van der Waals surface area contributed by atoms with Crippen molar-refractivity contribution in [3.63, 3.8) is 0 Å². The van der Waals surface area contributed by atoms with Crippen molar-refractivity contribution in [1.29, 1.82) is 0 Å². The summed E-state index contributed by atoms with van der Waals surface area (Å²) in [4.78, 5) is 0.128. The fourth-order valence-electron chi connectivity index (χ4n) is 1.74. The molecule has 1 unspecified atom stereocenters. The van der Waals surface area contributed by atoms with E-state index in [4.69, 9.17) is 28.9 Å². The number of rotatable bonds is 4. The largest absolute Gasteiger partial charge is 0.324 e. The highest BCUT2D eigenvalue weighted by Gasteiger charge is 2.16. The van der Waals surface area contributed by atoms with E-state index in [1.807, 2.05) is 6.92 Å². The summed E-state index contributed by atoms with van der Waals surface area (Å²) in [6, 6.07) is 10.9. The number of anilines is 1. The van der Waals surface area contributed by atoms with Gasteiger partial charge in [0, 0.05) is 6.04 Å². The molecule has 0 aliphatic rings. The Bertz CT molecular complexity index is 744. The first-order valence-electron chi connectivity index (χ1n) is 6.13. The molecule has 7 heteroatoms. The van der Waals surface area contributed by atoms with Crippen molar-refractivity contribution >= 4 is 38.9 Å². The van der Waals surface area contributed by atoms with E-state index < -0.39 is 10.0 Å². The van der Waals surface area contributed by atoms with Gasteiger partial charge >= 0.3 is 0 Å². The second-order valence-electron chi connectivity index (χ2n) is 4.56. The standard InChI is InChI=1S/C14H14Cl2N2O2S/c1-9(17)10-5-7-11(8-6-10)21(19,20)18-13-4-2-3-12(15)14(13)16/h2-9,18H,17H2,1H3. The molecule has 0 heterocycles. The van der Waals surface area contributed by atoms with Crippen molar-refractivity contribution < 1.29 is 8.42 Å². The Hall–Kier alpha value is -1.27. The highest BCUT2D eigenvalue weighted by Crippen LogP contribution is 2.31. The van der Waals surface area contributed by atoms with E-state index in [-0.39, 0.29) is 26.7 Å². The molecule has 4 nitrogen and oxygen atoms in total. The lowest BCUT2D eigenvalue weighted by atomic mass is 10.1. The third-order valence-corrected chi connectivity index (χ3v) is 5.11. The Balaban J connectivity index is 2.32. The van der Waals surface area contributed by atoms with E-state index in [0.717, 1.165) is 5.56 Å². The SMILES string of the molecule is CC(N)c1ccc(S(=O)(=O)Nc2cccc(Cl)c2Cl)cc1. The summed E-state index contributed by atoms with van der Waals surface area (Å²) in [7, 11) is -3.73. The van der Waals surface area contributed by atoms with Crippen molar-refractivity contribution in [2.24, 2.45) is 5.73 Å². The fourth-order valence-corrected chi connectivity index (χ4v) is 3.21. The van der Waals surface area contributed by atoms with E-state index in [9.17, 15) is 8.42 Å². The molecular formula is C14H14Cl2N2O2S. The quantitative estimate of drug-likeness (QED) is 0.885. The number of nitrogens with two attached hydrogens (primary N) is 1. The highest BCUT2D eigenvalue weighted by molar-refractivity contribution is 7.92. The summed E-state index contributed by atoms with van der Waals surface area (Å²) in [5.74, 6) is 0. The van der Waals surface area contributed by atoms with E-state index in [1.165, 1.54) is 12.1 Å². The topological polar surface area (TPSA) is 72.2 Å². The Morgan fingerprint density at radius 1 is 1.10 bits per heavy atom. The van der Waals surface area contributed by atoms with Gasteiger partial charge in [-0.2, -0.15) is 0 Å². The van der Waals surface area contributed by atoms with Gasteiger partial charge in [-0.05, 0) is 36.8 Å². The first-order chi connectivity index (χ1) is 9.81. The van der Waals surface area contributed by atoms with Crippen LogP contribution in [-0.4, -0.2) is 8.42 Å². The summed E-state index contributed by atoms with van der Waals surface area (Å²) in [6.07, 6.45) is 0. The number of nitrogens with one attached hydrogen (secondary N) is 1. The summed E-state index contributed by atoms with van der Waals surface area (Å²) >= 11 is 11.8. The van der Waals surface area contributed by atoms with E-state index in [0.29, 0.717) is 0 Å². The van der Waals surface area contributed by atoms with Gasteiger partial charge in [0.2, 0.25) is 0 Å². The summed E-state index contributed by atoms with van der Waals surface area (Å²) < 4.78 is 27.0. The molecule has 112 valence electrons. The van der Waals surface area contributed by atoms with Crippen LogP contribution in [0.2, 0.25) is 10.0 Å². The van der Waals surface area contributed by atoms with Crippen molar-refractivity contribution in [1.82, 2.24) is 0 Å². The predicted molar refractivity (Wildman–Crippen MR) is 86.3 cm³/mol. The van der Waals surface area contributed by atoms with Gasteiger partial charge in [-0.3, -0.25) is 4.72 Å². The second kappa shape index (κ2) is 6.23. The highest BCUT2D eigenvalue weighted by atomic mass is 35.5. The molecular weight excluding hydrogens is 331 g/mol. The number of hydrogen-bond acceptors (Lipinski definition) is 3. The molecule has 2 aromatic rings. The van der Waals surface area contributed by atoms with E-state index >= 15 is 0 Å². The van der Waals surface area contributed by atoms with Crippen molar-refractivity contribution in [2.75, 3.05) is 4.72 Å². The van der Waals surface area contributed by atoms with Gasteiger partial charge in [-0.25, -0.2) is 8.42 Å². The summed E-state index contributed by atoms with van der Waals surface area (Å²) in [6.45, 7) is 1.83. The number of sulfonamides is 1. The number of hydrogen-bond donors (Lipinski definition) is 2. The Morgan fingerprint density at radius 2 is 1.71 bits per heavy atom. The average Bonchev–Trinajstić information content (AvgIpc) is 2.44. The Kier molecular flexibility index (Phi) is 4.78. The van der Waals surface area contributed by atoms with Gasteiger partial charge in [-0.1, -0.05) is 41.4 Å². The lowest BCUT2D eigenvalue weighted by molar-refractivity contribution is 0.601. The molecule has 0 spiro atoms. The molecule has 0 aromatic heterocycles. The summed E-state index contributed by atoms with van der Waals surface area (Å²) in [5.41, 5.74) is 6.83. The molecule has 0 saturated heterocycles. The zero-order valence-electron chi connectivity index (χ0n) is 11.2. The van der Waals surface area contributed by atoms with Crippen LogP contribution in [0.15, 0.2) is 47.4 Å². The van der Waals surface area contributed by atoms with Gasteiger partial charge in [-0.15, -0.1) is 0 Å². The van der Waals surface area contributed by atoms with Crippen molar-refractivity contribution in [2.45, 2.75) is 17.9 Å². The molecule has 1 atom stereocenters. The van der Waals surface area contributed by atoms with Crippen molar-refractivity contribution in [3.05, 3.63) is 58.1 Å². The van der Waals surface area contributed by atoms with Gasteiger partial charge in [0.25, 0.3) is 10.0 Å². The lowest BCUT2D eigenvalue weighted by Crippen LogP contribution is -2.13. The van der Waals surface area contributed by atoms with Crippen molar-refractivity contribution in [3.8, 4) is 0 Å². The van der Waals surface area contributed by atoms with Gasteiger partial charge in [0.1, 0.15) is 0 Å². The molecule has 21 heavy (non-hydrogen) atoms. The fraction of sp³-hybridized carbons (Fsp3) is 0.143.